The van der Waals surface area contributed by atoms with Gasteiger partial charge in [-0.2, -0.15) is 8.42 Å². The lowest BCUT2D eigenvalue weighted by molar-refractivity contribution is 0.379. The Bertz CT molecular complexity index is 575. The van der Waals surface area contributed by atoms with Gasteiger partial charge >= 0.3 is 10.4 Å². The molecule has 1 aromatic rings. The van der Waals surface area contributed by atoms with Crippen LogP contribution in [0.5, 0.6) is 0 Å². The smallest absolute Gasteiger partial charge is 0.370 e. The summed E-state index contributed by atoms with van der Waals surface area (Å²) in [5, 5.41) is 7.39. The number of hydrogen-bond acceptors (Lipinski definition) is 4. The standard InChI is InChI=1S/C12H18N4.H2O4S/c1-10-4-2-3-5-11(10)15-6-8-16(9-7-15)12(13)14;1-5(2,3)4/h2-5H,6-9H2,1H3,(H3,13,14);(H2,1,2,3,4). The number of anilines is 1. The summed E-state index contributed by atoms with van der Waals surface area (Å²) in [5.41, 5.74) is 8.07. The van der Waals surface area contributed by atoms with Crippen molar-refractivity contribution in [2.24, 2.45) is 5.73 Å². The first-order valence-electron chi connectivity index (χ1n) is 6.28. The molecule has 1 heterocycles. The zero-order chi connectivity index (χ0) is 16.0. The monoisotopic (exact) mass is 316 g/mol. The lowest BCUT2D eigenvalue weighted by Gasteiger charge is -2.36. The van der Waals surface area contributed by atoms with Gasteiger partial charge in [-0.25, -0.2) is 0 Å². The van der Waals surface area contributed by atoms with Gasteiger partial charge in [-0.15, -0.1) is 0 Å². The van der Waals surface area contributed by atoms with Gasteiger partial charge in [0.25, 0.3) is 0 Å². The molecule has 2 rings (SSSR count). The Balaban J connectivity index is 0.000000383. The third-order valence-corrected chi connectivity index (χ3v) is 3.08. The quantitative estimate of drug-likeness (QED) is 0.334. The van der Waals surface area contributed by atoms with E-state index in [1.54, 1.807) is 0 Å². The van der Waals surface area contributed by atoms with Gasteiger partial charge in [0.2, 0.25) is 0 Å². The number of rotatable bonds is 1. The van der Waals surface area contributed by atoms with E-state index in [1.165, 1.54) is 11.3 Å². The predicted octanol–water partition coefficient (Wildman–Crippen LogP) is 0.358. The summed E-state index contributed by atoms with van der Waals surface area (Å²) in [6.45, 7) is 5.68. The molecule has 0 saturated carbocycles. The molecular weight excluding hydrogens is 296 g/mol. The maximum Gasteiger partial charge on any atom is 0.394 e. The molecule has 8 nitrogen and oxygen atoms in total. The Morgan fingerprint density at radius 2 is 1.67 bits per heavy atom. The van der Waals surface area contributed by atoms with Crippen molar-refractivity contribution >= 4 is 22.0 Å². The van der Waals surface area contributed by atoms with Gasteiger partial charge in [-0.05, 0) is 18.6 Å². The molecule has 0 amide bonds. The predicted molar refractivity (Wildman–Crippen MR) is 81.1 cm³/mol. The molecule has 0 aromatic heterocycles. The number of nitrogens with two attached hydrogens (primary N) is 1. The van der Waals surface area contributed by atoms with Crippen molar-refractivity contribution in [3.05, 3.63) is 29.8 Å². The molecule has 0 spiro atoms. The summed E-state index contributed by atoms with van der Waals surface area (Å²) in [4.78, 5) is 4.27. The molecule has 1 aliphatic heterocycles. The Hall–Kier alpha value is -1.84. The first kappa shape index (κ1) is 17.2. The first-order valence-corrected chi connectivity index (χ1v) is 7.67. The van der Waals surface area contributed by atoms with Crippen LogP contribution in [0.3, 0.4) is 0 Å². The fourth-order valence-electron chi connectivity index (χ4n) is 2.11. The third-order valence-electron chi connectivity index (χ3n) is 3.08. The number of benzene rings is 1. The second-order valence-corrected chi connectivity index (χ2v) is 5.49. The molecule has 0 radical (unpaired) electrons. The van der Waals surface area contributed by atoms with E-state index in [4.69, 9.17) is 28.7 Å². The molecule has 5 N–H and O–H groups in total. The van der Waals surface area contributed by atoms with E-state index < -0.39 is 10.4 Å². The normalized spacial score (nSPS) is 15.2. The third kappa shape index (κ3) is 6.43. The number of aryl methyl sites for hydroxylation is 1. The molecule has 1 aromatic carbocycles. The molecule has 0 unspecified atom stereocenters. The van der Waals surface area contributed by atoms with Crippen LogP contribution in [0.2, 0.25) is 0 Å². The van der Waals surface area contributed by atoms with E-state index in [9.17, 15) is 0 Å². The molecule has 0 atom stereocenters. The van der Waals surface area contributed by atoms with Crippen LogP contribution in [0.4, 0.5) is 5.69 Å². The summed E-state index contributed by atoms with van der Waals surface area (Å²) < 4.78 is 31.6. The van der Waals surface area contributed by atoms with E-state index >= 15 is 0 Å². The van der Waals surface area contributed by atoms with Gasteiger partial charge < -0.3 is 15.5 Å². The second-order valence-electron chi connectivity index (χ2n) is 4.59. The topological polar surface area (TPSA) is 131 Å². The highest BCUT2D eigenvalue weighted by Crippen LogP contribution is 2.20. The first-order chi connectivity index (χ1) is 9.68. The Kier molecular flexibility index (Phi) is 5.94. The van der Waals surface area contributed by atoms with Crippen LogP contribution >= 0.6 is 0 Å². The highest BCUT2D eigenvalue weighted by Gasteiger charge is 2.18. The van der Waals surface area contributed by atoms with Crippen molar-refractivity contribution in [1.29, 1.82) is 5.41 Å². The van der Waals surface area contributed by atoms with E-state index in [0.717, 1.165) is 26.2 Å². The van der Waals surface area contributed by atoms with Gasteiger partial charge in [-0.3, -0.25) is 14.5 Å². The average Bonchev–Trinajstić information content (AvgIpc) is 2.37. The lowest BCUT2D eigenvalue weighted by atomic mass is 10.1. The summed E-state index contributed by atoms with van der Waals surface area (Å²) in [7, 11) is -4.67. The van der Waals surface area contributed by atoms with Gasteiger partial charge in [0, 0.05) is 31.9 Å². The maximum absolute atomic E-state index is 8.74. The lowest BCUT2D eigenvalue weighted by Crippen LogP contribution is -2.51. The van der Waals surface area contributed by atoms with E-state index in [0.29, 0.717) is 0 Å². The van der Waals surface area contributed by atoms with Crippen LogP contribution in [0.1, 0.15) is 5.56 Å². The molecular formula is C12H20N4O4S. The second kappa shape index (κ2) is 7.25. The maximum atomic E-state index is 8.74. The Labute approximate surface area is 124 Å². The zero-order valence-electron chi connectivity index (χ0n) is 11.7. The zero-order valence-corrected chi connectivity index (χ0v) is 12.5. The number of guanidine groups is 1. The minimum atomic E-state index is -4.67. The summed E-state index contributed by atoms with van der Waals surface area (Å²) in [5.74, 6) is 0.185. The van der Waals surface area contributed by atoms with Crippen molar-refractivity contribution in [3.63, 3.8) is 0 Å². The fraction of sp³-hybridized carbons (Fsp3) is 0.417. The van der Waals surface area contributed by atoms with Crippen molar-refractivity contribution in [2.45, 2.75) is 6.92 Å². The number of nitrogens with zero attached hydrogens (tertiary/aromatic N) is 2. The molecule has 1 aliphatic rings. The summed E-state index contributed by atoms with van der Waals surface area (Å²) >= 11 is 0. The van der Waals surface area contributed by atoms with E-state index in [2.05, 4.69) is 36.1 Å². The van der Waals surface area contributed by atoms with Crippen LogP contribution in [0.15, 0.2) is 24.3 Å². The van der Waals surface area contributed by atoms with Crippen LogP contribution in [-0.4, -0.2) is 54.6 Å². The number of piperazine rings is 1. The molecule has 0 bridgehead atoms. The van der Waals surface area contributed by atoms with Gasteiger partial charge in [0.15, 0.2) is 5.96 Å². The molecule has 1 fully saturated rings. The van der Waals surface area contributed by atoms with E-state index in [-0.39, 0.29) is 5.96 Å². The highest BCUT2D eigenvalue weighted by atomic mass is 32.3. The average molecular weight is 316 g/mol. The van der Waals surface area contributed by atoms with Crippen LogP contribution in [0, 0.1) is 12.3 Å². The van der Waals surface area contributed by atoms with Crippen LogP contribution < -0.4 is 10.6 Å². The minimum Gasteiger partial charge on any atom is -0.370 e. The molecule has 0 aliphatic carbocycles. The van der Waals surface area contributed by atoms with E-state index in [1.807, 2.05) is 4.90 Å². The van der Waals surface area contributed by atoms with Crippen molar-refractivity contribution in [2.75, 3.05) is 31.1 Å². The van der Waals surface area contributed by atoms with Gasteiger partial charge in [0.05, 0.1) is 0 Å². The largest absolute Gasteiger partial charge is 0.394 e. The molecule has 118 valence electrons. The molecule has 9 heteroatoms. The Morgan fingerprint density at radius 3 is 2.10 bits per heavy atom. The fourth-order valence-corrected chi connectivity index (χ4v) is 2.11. The van der Waals surface area contributed by atoms with Crippen molar-refractivity contribution in [3.8, 4) is 0 Å². The molecule has 21 heavy (non-hydrogen) atoms. The number of nitrogens with one attached hydrogen (secondary N) is 1. The molecule has 1 saturated heterocycles. The van der Waals surface area contributed by atoms with Gasteiger partial charge in [0.1, 0.15) is 0 Å². The Morgan fingerprint density at radius 1 is 1.19 bits per heavy atom. The summed E-state index contributed by atoms with van der Waals surface area (Å²) in [6, 6.07) is 8.41. The summed E-state index contributed by atoms with van der Waals surface area (Å²) in [6.07, 6.45) is 0. The van der Waals surface area contributed by atoms with Crippen LogP contribution in [-0.2, 0) is 10.4 Å². The highest BCUT2D eigenvalue weighted by molar-refractivity contribution is 7.79. The number of para-hydroxylation sites is 1. The number of hydrogen-bond donors (Lipinski definition) is 4. The van der Waals surface area contributed by atoms with Gasteiger partial charge in [-0.1, -0.05) is 18.2 Å². The SMILES string of the molecule is Cc1ccccc1N1CCN(C(=N)N)CC1.O=S(=O)(O)O. The van der Waals surface area contributed by atoms with Crippen molar-refractivity contribution in [1.82, 2.24) is 4.90 Å². The van der Waals surface area contributed by atoms with Crippen molar-refractivity contribution < 1.29 is 17.5 Å². The minimum absolute atomic E-state index is 0.185. The van der Waals surface area contributed by atoms with Crippen LogP contribution in [0.25, 0.3) is 0 Å².